The van der Waals surface area contributed by atoms with Crippen LogP contribution in [-0.4, -0.2) is 38.9 Å². The Hall–Kier alpha value is -3.04. The van der Waals surface area contributed by atoms with Crippen LogP contribution in [0.3, 0.4) is 0 Å². The Kier molecular flexibility index (Phi) is 5.06. The van der Waals surface area contributed by atoms with Crippen LogP contribution in [0, 0.1) is 12.7 Å². The van der Waals surface area contributed by atoms with Crippen molar-refractivity contribution in [2.45, 2.75) is 19.6 Å². The monoisotopic (exact) mass is 375 g/mol. The first-order valence-electron chi connectivity index (χ1n) is 8.12. The van der Waals surface area contributed by atoms with Gasteiger partial charge in [-0.3, -0.25) is 14.2 Å². The van der Waals surface area contributed by atoms with Crippen molar-refractivity contribution in [2.24, 2.45) is 0 Å². The van der Waals surface area contributed by atoms with Crippen LogP contribution in [0.2, 0.25) is 0 Å². The summed E-state index contributed by atoms with van der Waals surface area (Å²) < 4.78 is 19.4. The van der Waals surface area contributed by atoms with Crippen LogP contribution in [0.5, 0.6) is 5.75 Å². The van der Waals surface area contributed by atoms with Gasteiger partial charge in [-0.05, 0) is 24.1 Å². The lowest BCUT2D eigenvalue weighted by Gasteiger charge is -2.15. The van der Waals surface area contributed by atoms with Crippen molar-refractivity contribution in [3.8, 4) is 5.75 Å². The number of aromatic hydroxyl groups is 1. The fraction of sp³-hybridized carbons (Fsp3) is 0.278. The summed E-state index contributed by atoms with van der Waals surface area (Å²) in [7, 11) is 0. The molecule has 9 heteroatoms. The van der Waals surface area contributed by atoms with E-state index >= 15 is 0 Å². The molecule has 1 aliphatic rings. The van der Waals surface area contributed by atoms with E-state index in [4.69, 9.17) is 4.74 Å². The number of rotatable bonds is 3. The van der Waals surface area contributed by atoms with E-state index in [1.807, 2.05) is 0 Å². The van der Waals surface area contributed by atoms with Crippen molar-refractivity contribution in [1.82, 2.24) is 14.9 Å². The summed E-state index contributed by atoms with van der Waals surface area (Å²) >= 11 is 0. The summed E-state index contributed by atoms with van der Waals surface area (Å²) in [6.45, 7) is 5.14. The van der Waals surface area contributed by atoms with Crippen LogP contribution in [0.1, 0.15) is 33.5 Å². The first-order chi connectivity index (χ1) is 12.8. The molecule has 142 valence electrons. The molecular formula is C18H18FN3O5. The van der Waals surface area contributed by atoms with Crippen LogP contribution in [0.25, 0.3) is 5.70 Å². The molecule has 8 nitrogen and oxygen atoms in total. The van der Waals surface area contributed by atoms with Gasteiger partial charge < -0.3 is 20.3 Å². The molecule has 0 radical (unpaired) electrons. The van der Waals surface area contributed by atoms with E-state index < -0.39 is 29.0 Å². The number of carbonyl (C=O) groups excluding carboxylic acids is 1. The lowest BCUT2D eigenvalue weighted by Crippen LogP contribution is -2.31. The Labute approximate surface area is 153 Å². The molecule has 1 aromatic carbocycles. The zero-order valence-electron chi connectivity index (χ0n) is 14.5. The Morgan fingerprint density at radius 3 is 2.96 bits per heavy atom. The van der Waals surface area contributed by atoms with E-state index in [0.29, 0.717) is 11.1 Å². The quantitative estimate of drug-likeness (QED) is 0.733. The van der Waals surface area contributed by atoms with E-state index in [9.17, 15) is 24.2 Å². The number of nitrogens with one attached hydrogen (secondary N) is 1. The van der Waals surface area contributed by atoms with Gasteiger partial charge in [-0.25, -0.2) is 9.37 Å². The van der Waals surface area contributed by atoms with Gasteiger partial charge in [0.2, 0.25) is 5.75 Å². The SMILES string of the molecule is C=C1COCC(O)c2nc(C(=O)NCc3ccc(F)c(C)c3)c(O)c(=O)n21. The number of aromatic nitrogens is 2. The number of carbonyl (C=O) groups is 1. The number of amides is 1. The first kappa shape index (κ1) is 18.7. The van der Waals surface area contributed by atoms with Gasteiger partial charge in [0.1, 0.15) is 17.7 Å². The molecule has 2 heterocycles. The highest BCUT2D eigenvalue weighted by Gasteiger charge is 2.27. The molecule has 1 atom stereocenters. The van der Waals surface area contributed by atoms with Gasteiger partial charge in [-0.2, -0.15) is 0 Å². The topological polar surface area (TPSA) is 114 Å². The van der Waals surface area contributed by atoms with Crippen molar-refractivity contribution in [2.75, 3.05) is 13.2 Å². The van der Waals surface area contributed by atoms with E-state index in [2.05, 4.69) is 16.9 Å². The molecule has 2 aromatic rings. The fourth-order valence-electron chi connectivity index (χ4n) is 2.73. The molecule has 3 N–H and O–H groups in total. The molecule has 27 heavy (non-hydrogen) atoms. The summed E-state index contributed by atoms with van der Waals surface area (Å²) in [5.41, 5.74) is -0.193. The highest BCUT2D eigenvalue weighted by molar-refractivity contribution is 5.94. The van der Waals surface area contributed by atoms with Crippen molar-refractivity contribution in [1.29, 1.82) is 0 Å². The van der Waals surface area contributed by atoms with Crippen LogP contribution in [-0.2, 0) is 11.3 Å². The standard InChI is InChI=1S/C18H18FN3O5/c1-9-5-11(3-4-12(9)19)6-20-17(25)14-15(24)18(26)22-10(2)7-27-8-13(23)16(22)21-14/h3-5,13,23-24H,2,6-8H2,1H3,(H,20,25). The minimum Gasteiger partial charge on any atom is -0.501 e. The lowest BCUT2D eigenvalue weighted by molar-refractivity contribution is 0.0518. The number of fused-ring (bicyclic) bond motifs is 1. The van der Waals surface area contributed by atoms with Crippen molar-refractivity contribution >= 4 is 11.6 Å². The number of benzene rings is 1. The first-order valence-corrected chi connectivity index (χ1v) is 8.12. The second-order valence-corrected chi connectivity index (χ2v) is 6.17. The highest BCUT2D eigenvalue weighted by atomic mass is 19.1. The Morgan fingerprint density at radius 2 is 2.26 bits per heavy atom. The maximum absolute atomic E-state index is 13.3. The summed E-state index contributed by atoms with van der Waals surface area (Å²) in [5.74, 6) is -2.16. The minimum absolute atomic E-state index is 0.0272. The largest absolute Gasteiger partial charge is 0.501 e. The molecule has 0 saturated heterocycles. The third-order valence-corrected chi connectivity index (χ3v) is 4.13. The average Bonchev–Trinajstić information content (AvgIpc) is 2.77. The van der Waals surface area contributed by atoms with Crippen LogP contribution in [0.15, 0.2) is 29.6 Å². The van der Waals surface area contributed by atoms with E-state index in [1.165, 1.54) is 12.1 Å². The molecular weight excluding hydrogens is 357 g/mol. The van der Waals surface area contributed by atoms with Crippen LogP contribution < -0.4 is 10.9 Å². The Balaban J connectivity index is 1.91. The number of aliphatic hydroxyl groups excluding tert-OH is 1. The number of aryl methyl sites for hydroxylation is 1. The van der Waals surface area contributed by atoms with E-state index in [-0.39, 0.29) is 37.1 Å². The van der Waals surface area contributed by atoms with Crippen LogP contribution in [0.4, 0.5) is 4.39 Å². The summed E-state index contributed by atoms with van der Waals surface area (Å²) in [5, 5.41) is 22.7. The number of hydrogen-bond acceptors (Lipinski definition) is 6. The molecule has 0 saturated carbocycles. The molecule has 0 bridgehead atoms. The molecule has 1 aromatic heterocycles. The third kappa shape index (κ3) is 3.60. The zero-order chi connectivity index (χ0) is 19.7. The van der Waals surface area contributed by atoms with Crippen molar-refractivity contribution in [3.63, 3.8) is 0 Å². The fourth-order valence-corrected chi connectivity index (χ4v) is 2.73. The number of halogens is 1. The van der Waals surface area contributed by atoms with Gasteiger partial charge in [0, 0.05) is 12.2 Å². The predicted octanol–water partition coefficient (Wildman–Crippen LogP) is 0.861. The van der Waals surface area contributed by atoms with Crippen molar-refractivity contribution < 1.29 is 24.1 Å². The van der Waals surface area contributed by atoms with E-state index in [0.717, 1.165) is 4.57 Å². The molecule has 1 aliphatic heterocycles. The zero-order valence-corrected chi connectivity index (χ0v) is 14.5. The lowest BCUT2D eigenvalue weighted by atomic mass is 10.1. The summed E-state index contributed by atoms with van der Waals surface area (Å²) in [4.78, 5) is 28.8. The Morgan fingerprint density at radius 1 is 1.52 bits per heavy atom. The van der Waals surface area contributed by atoms with Crippen LogP contribution >= 0.6 is 0 Å². The Bertz CT molecular complexity index is 986. The maximum Gasteiger partial charge on any atom is 0.301 e. The van der Waals surface area contributed by atoms with Gasteiger partial charge in [-0.1, -0.05) is 18.7 Å². The second kappa shape index (κ2) is 7.29. The van der Waals surface area contributed by atoms with Gasteiger partial charge in [-0.15, -0.1) is 0 Å². The maximum atomic E-state index is 13.3. The molecule has 1 unspecified atom stereocenters. The number of aliphatic hydroxyl groups is 1. The molecule has 1 amide bonds. The molecule has 0 fully saturated rings. The third-order valence-electron chi connectivity index (χ3n) is 4.13. The smallest absolute Gasteiger partial charge is 0.301 e. The molecule has 0 aliphatic carbocycles. The molecule has 0 spiro atoms. The summed E-state index contributed by atoms with van der Waals surface area (Å²) in [6, 6.07) is 4.36. The van der Waals surface area contributed by atoms with Gasteiger partial charge in [0.15, 0.2) is 5.69 Å². The summed E-state index contributed by atoms with van der Waals surface area (Å²) in [6.07, 6.45) is -1.26. The number of ether oxygens (including phenoxy) is 1. The van der Waals surface area contributed by atoms with Gasteiger partial charge in [0.05, 0.1) is 13.2 Å². The normalized spacial score (nSPS) is 16.6. The van der Waals surface area contributed by atoms with Gasteiger partial charge >= 0.3 is 5.56 Å². The minimum atomic E-state index is -1.26. The highest BCUT2D eigenvalue weighted by Crippen LogP contribution is 2.21. The number of nitrogens with zero attached hydrogens (tertiary/aromatic N) is 2. The van der Waals surface area contributed by atoms with Crippen molar-refractivity contribution in [3.05, 3.63) is 63.6 Å². The van der Waals surface area contributed by atoms with E-state index in [1.54, 1.807) is 13.0 Å². The second-order valence-electron chi connectivity index (χ2n) is 6.17. The molecule has 3 rings (SSSR count). The number of hydrogen-bond donors (Lipinski definition) is 3. The van der Waals surface area contributed by atoms with Gasteiger partial charge in [0.25, 0.3) is 5.91 Å². The predicted molar refractivity (Wildman–Crippen MR) is 93.6 cm³/mol. The average molecular weight is 375 g/mol.